The number of nitrogens with zero attached hydrogens (tertiary/aromatic N) is 2. The van der Waals surface area contributed by atoms with E-state index < -0.39 is 11.7 Å². The Bertz CT molecular complexity index is 430. The zero-order chi connectivity index (χ0) is 17.2. The molecule has 0 radical (unpaired) electrons. The Morgan fingerprint density at radius 3 is 2.17 bits per heavy atom. The number of hydrogen-bond donors (Lipinski definition) is 0. The molecular formula is C16H28N2O5. The van der Waals surface area contributed by atoms with Gasteiger partial charge in [0.1, 0.15) is 5.60 Å². The maximum atomic E-state index is 12.7. The lowest BCUT2D eigenvalue weighted by molar-refractivity contribution is -0.165. The van der Waals surface area contributed by atoms with Crippen molar-refractivity contribution in [3.63, 3.8) is 0 Å². The molecule has 132 valence electrons. The molecular weight excluding hydrogens is 300 g/mol. The second-order valence-corrected chi connectivity index (χ2v) is 7.26. The molecule has 0 spiro atoms. The predicted octanol–water partition coefficient (Wildman–Crippen LogP) is 1.26. The lowest BCUT2D eigenvalue weighted by Crippen LogP contribution is -2.62. The minimum Gasteiger partial charge on any atom is -0.444 e. The van der Waals surface area contributed by atoms with E-state index in [4.69, 9.17) is 14.2 Å². The topological polar surface area (TPSA) is 68.3 Å². The van der Waals surface area contributed by atoms with Crippen LogP contribution >= 0.6 is 0 Å². The van der Waals surface area contributed by atoms with Gasteiger partial charge < -0.3 is 24.0 Å². The smallest absolute Gasteiger partial charge is 0.410 e. The van der Waals surface area contributed by atoms with E-state index in [1.807, 2.05) is 34.6 Å². The summed E-state index contributed by atoms with van der Waals surface area (Å²) < 4.78 is 16.3. The fraction of sp³-hybridized carbons (Fsp3) is 0.875. The van der Waals surface area contributed by atoms with E-state index in [0.29, 0.717) is 32.9 Å². The Morgan fingerprint density at radius 1 is 1.09 bits per heavy atom. The van der Waals surface area contributed by atoms with Crippen molar-refractivity contribution in [2.24, 2.45) is 0 Å². The molecule has 0 unspecified atom stereocenters. The maximum Gasteiger partial charge on any atom is 0.410 e. The third-order valence-corrected chi connectivity index (χ3v) is 3.92. The highest BCUT2D eigenvalue weighted by Crippen LogP contribution is 2.21. The Kier molecular flexibility index (Phi) is 5.52. The van der Waals surface area contributed by atoms with E-state index in [2.05, 4.69) is 0 Å². The van der Waals surface area contributed by atoms with E-state index in [0.717, 1.165) is 0 Å². The van der Waals surface area contributed by atoms with Gasteiger partial charge in [-0.2, -0.15) is 0 Å². The Balaban J connectivity index is 1.99. The summed E-state index contributed by atoms with van der Waals surface area (Å²) in [5.41, 5.74) is -0.524. The van der Waals surface area contributed by atoms with Crippen LogP contribution in [0, 0.1) is 0 Å². The van der Waals surface area contributed by atoms with Gasteiger partial charge in [0.25, 0.3) is 5.91 Å². The second-order valence-electron chi connectivity index (χ2n) is 7.26. The Labute approximate surface area is 137 Å². The Hall–Kier alpha value is -1.34. The van der Waals surface area contributed by atoms with Crippen LogP contribution < -0.4 is 0 Å². The molecule has 7 heteroatoms. The van der Waals surface area contributed by atoms with Gasteiger partial charge in [-0.3, -0.25) is 4.79 Å². The minimum atomic E-state index is -0.540. The average Bonchev–Trinajstić information content (AvgIpc) is 2.45. The van der Waals surface area contributed by atoms with Gasteiger partial charge in [-0.25, -0.2) is 4.79 Å². The fourth-order valence-electron chi connectivity index (χ4n) is 3.03. The van der Waals surface area contributed by atoms with Crippen molar-refractivity contribution in [2.45, 2.75) is 58.4 Å². The standard InChI is InChI=1S/C16H28N2O5/c1-11-8-17(15(20)23-16(3,4)5)9-12(2)18(11)14(19)13-10-21-6-7-22-13/h11-13H,6-10H2,1-5H3/t11-,12-,13+/m1/s1. The summed E-state index contributed by atoms with van der Waals surface area (Å²) in [4.78, 5) is 28.4. The van der Waals surface area contributed by atoms with Gasteiger partial charge in [-0.05, 0) is 34.6 Å². The number of ether oxygens (including phenoxy) is 3. The Morgan fingerprint density at radius 2 is 1.70 bits per heavy atom. The summed E-state index contributed by atoms with van der Waals surface area (Å²) in [6, 6.07) is -0.186. The van der Waals surface area contributed by atoms with Crippen LogP contribution in [0.1, 0.15) is 34.6 Å². The van der Waals surface area contributed by atoms with Gasteiger partial charge in [0.05, 0.1) is 19.8 Å². The summed E-state index contributed by atoms with van der Waals surface area (Å²) in [6.45, 7) is 11.6. The number of carbonyl (C=O) groups is 2. The molecule has 0 saturated carbocycles. The minimum absolute atomic E-state index is 0.0615. The summed E-state index contributed by atoms with van der Waals surface area (Å²) in [7, 11) is 0. The first-order valence-electron chi connectivity index (χ1n) is 8.18. The average molecular weight is 328 g/mol. The molecule has 0 aromatic heterocycles. The highest BCUT2D eigenvalue weighted by atomic mass is 16.6. The van der Waals surface area contributed by atoms with Gasteiger partial charge in [0, 0.05) is 25.2 Å². The summed E-state index contributed by atoms with van der Waals surface area (Å²) >= 11 is 0. The van der Waals surface area contributed by atoms with Crippen LogP contribution in [0.25, 0.3) is 0 Å². The lowest BCUT2D eigenvalue weighted by atomic mass is 10.1. The summed E-state index contributed by atoms with van der Waals surface area (Å²) in [6.07, 6.45) is -0.873. The van der Waals surface area contributed by atoms with Gasteiger partial charge in [0.2, 0.25) is 0 Å². The van der Waals surface area contributed by atoms with Crippen LogP contribution in [0.2, 0.25) is 0 Å². The van der Waals surface area contributed by atoms with Crippen LogP contribution in [-0.4, -0.2) is 78.5 Å². The molecule has 0 aromatic rings. The first-order valence-corrected chi connectivity index (χ1v) is 8.18. The van der Waals surface area contributed by atoms with Crippen molar-refractivity contribution in [3.8, 4) is 0 Å². The molecule has 7 nitrogen and oxygen atoms in total. The van der Waals surface area contributed by atoms with Gasteiger partial charge >= 0.3 is 6.09 Å². The number of hydrogen-bond acceptors (Lipinski definition) is 5. The number of piperazine rings is 1. The quantitative estimate of drug-likeness (QED) is 0.725. The molecule has 2 rings (SSSR count). The van der Waals surface area contributed by atoms with Crippen molar-refractivity contribution in [2.75, 3.05) is 32.9 Å². The van der Waals surface area contributed by atoms with E-state index in [-0.39, 0.29) is 24.1 Å². The normalized spacial score (nSPS) is 29.3. The van der Waals surface area contributed by atoms with Crippen molar-refractivity contribution in [1.82, 2.24) is 9.80 Å². The first-order chi connectivity index (χ1) is 10.7. The number of amides is 2. The molecule has 23 heavy (non-hydrogen) atoms. The molecule has 0 bridgehead atoms. The van der Waals surface area contributed by atoms with Crippen LogP contribution in [0.15, 0.2) is 0 Å². The van der Waals surface area contributed by atoms with Crippen LogP contribution in [-0.2, 0) is 19.0 Å². The molecule has 2 fully saturated rings. The van der Waals surface area contributed by atoms with E-state index in [1.54, 1.807) is 9.80 Å². The second kappa shape index (κ2) is 7.05. The van der Waals surface area contributed by atoms with Crippen molar-refractivity contribution >= 4 is 12.0 Å². The third kappa shape index (κ3) is 4.57. The van der Waals surface area contributed by atoms with E-state index in [1.165, 1.54) is 0 Å². The zero-order valence-corrected chi connectivity index (χ0v) is 14.7. The van der Waals surface area contributed by atoms with Crippen molar-refractivity contribution < 1.29 is 23.8 Å². The highest BCUT2D eigenvalue weighted by Gasteiger charge is 2.39. The fourth-order valence-corrected chi connectivity index (χ4v) is 3.03. The lowest BCUT2D eigenvalue weighted by Gasteiger charge is -2.45. The van der Waals surface area contributed by atoms with Crippen molar-refractivity contribution in [1.29, 1.82) is 0 Å². The summed E-state index contributed by atoms with van der Waals surface area (Å²) in [5.74, 6) is -0.0615. The van der Waals surface area contributed by atoms with E-state index in [9.17, 15) is 9.59 Å². The monoisotopic (exact) mass is 328 g/mol. The van der Waals surface area contributed by atoms with Crippen LogP contribution in [0.4, 0.5) is 4.79 Å². The molecule has 3 atom stereocenters. The van der Waals surface area contributed by atoms with Crippen molar-refractivity contribution in [3.05, 3.63) is 0 Å². The van der Waals surface area contributed by atoms with Gasteiger partial charge in [-0.1, -0.05) is 0 Å². The zero-order valence-electron chi connectivity index (χ0n) is 14.7. The molecule has 0 N–H and O–H groups in total. The first kappa shape index (κ1) is 18.0. The van der Waals surface area contributed by atoms with E-state index >= 15 is 0 Å². The molecule has 2 amide bonds. The molecule has 0 aliphatic carbocycles. The molecule has 2 saturated heterocycles. The third-order valence-electron chi connectivity index (χ3n) is 3.92. The summed E-state index contributed by atoms with van der Waals surface area (Å²) in [5, 5.41) is 0. The number of rotatable bonds is 1. The van der Waals surface area contributed by atoms with Crippen LogP contribution in [0.5, 0.6) is 0 Å². The highest BCUT2D eigenvalue weighted by molar-refractivity contribution is 5.82. The largest absolute Gasteiger partial charge is 0.444 e. The predicted molar refractivity (Wildman–Crippen MR) is 84.1 cm³/mol. The van der Waals surface area contributed by atoms with Crippen LogP contribution in [0.3, 0.4) is 0 Å². The SMILES string of the molecule is C[C@@H]1CN(C(=O)OC(C)(C)C)C[C@@H](C)N1C(=O)[C@@H]1COCCO1. The number of carbonyl (C=O) groups excluding carboxylic acids is 2. The molecule has 2 heterocycles. The maximum absolute atomic E-state index is 12.7. The van der Waals surface area contributed by atoms with Gasteiger partial charge in [-0.15, -0.1) is 0 Å². The molecule has 2 aliphatic rings. The molecule has 0 aromatic carbocycles. The molecule has 2 aliphatic heterocycles. The van der Waals surface area contributed by atoms with Gasteiger partial charge in [0.15, 0.2) is 6.10 Å².